The van der Waals surface area contributed by atoms with Crippen molar-refractivity contribution in [3.63, 3.8) is 0 Å². The SMILES string of the molecule is Cc1cc(F)ccc1-n1nc(C2CCNCC2)cc1-c1cnn2cccnc12. The quantitative estimate of drug-likeness (QED) is 0.595. The Hall–Kier alpha value is -3.06. The lowest BCUT2D eigenvalue weighted by atomic mass is 9.94. The average Bonchev–Trinajstić information content (AvgIpc) is 3.33. The smallest absolute Gasteiger partial charge is 0.164 e. The zero-order valence-corrected chi connectivity index (χ0v) is 15.6. The number of piperidine rings is 1. The first-order valence-corrected chi connectivity index (χ1v) is 9.56. The van der Waals surface area contributed by atoms with E-state index in [9.17, 15) is 4.39 Å². The highest BCUT2D eigenvalue weighted by Crippen LogP contribution is 2.32. The van der Waals surface area contributed by atoms with E-state index in [1.54, 1.807) is 22.8 Å². The van der Waals surface area contributed by atoms with Crippen LogP contribution in [0.1, 0.15) is 30.0 Å². The van der Waals surface area contributed by atoms with Gasteiger partial charge in [-0.05, 0) is 68.8 Å². The van der Waals surface area contributed by atoms with E-state index in [1.165, 1.54) is 6.07 Å². The third-order valence-corrected chi connectivity index (χ3v) is 5.43. The molecule has 7 heteroatoms. The molecule has 0 aliphatic carbocycles. The molecule has 0 saturated carbocycles. The van der Waals surface area contributed by atoms with Crippen LogP contribution in [0.2, 0.25) is 0 Å². The van der Waals surface area contributed by atoms with Gasteiger partial charge in [-0.3, -0.25) is 0 Å². The zero-order chi connectivity index (χ0) is 19.1. The summed E-state index contributed by atoms with van der Waals surface area (Å²) in [5.74, 6) is 0.169. The van der Waals surface area contributed by atoms with E-state index in [0.29, 0.717) is 5.92 Å². The van der Waals surface area contributed by atoms with Crippen LogP contribution in [0.3, 0.4) is 0 Å². The number of rotatable bonds is 3. The summed E-state index contributed by atoms with van der Waals surface area (Å²) in [4.78, 5) is 4.50. The molecule has 1 aliphatic heterocycles. The number of hydrogen-bond donors (Lipinski definition) is 1. The Morgan fingerprint density at radius 1 is 1.18 bits per heavy atom. The summed E-state index contributed by atoms with van der Waals surface area (Å²) in [6.07, 6.45) is 7.58. The van der Waals surface area contributed by atoms with Crippen LogP contribution in [-0.4, -0.2) is 37.5 Å². The molecule has 1 saturated heterocycles. The molecule has 1 aromatic carbocycles. The first-order chi connectivity index (χ1) is 13.7. The summed E-state index contributed by atoms with van der Waals surface area (Å²) in [7, 11) is 0. The van der Waals surface area contributed by atoms with Crippen LogP contribution in [0, 0.1) is 12.7 Å². The normalized spacial score (nSPS) is 15.4. The van der Waals surface area contributed by atoms with E-state index < -0.39 is 0 Å². The van der Waals surface area contributed by atoms with Gasteiger partial charge in [0.2, 0.25) is 0 Å². The molecular formula is C21H21FN6. The molecule has 1 fully saturated rings. The summed E-state index contributed by atoms with van der Waals surface area (Å²) in [5.41, 5.74) is 5.39. The Balaban J connectivity index is 1.71. The van der Waals surface area contributed by atoms with Crippen LogP contribution in [0.25, 0.3) is 22.6 Å². The van der Waals surface area contributed by atoms with Gasteiger partial charge >= 0.3 is 0 Å². The maximum Gasteiger partial charge on any atom is 0.164 e. The molecule has 4 heterocycles. The van der Waals surface area contributed by atoms with E-state index in [0.717, 1.165) is 59.8 Å². The molecule has 1 N–H and O–H groups in total. The Labute approximate surface area is 162 Å². The molecule has 0 amide bonds. The number of hydrogen-bond acceptors (Lipinski definition) is 4. The van der Waals surface area contributed by atoms with Gasteiger partial charge in [0, 0.05) is 18.3 Å². The van der Waals surface area contributed by atoms with Crippen molar-refractivity contribution in [1.29, 1.82) is 0 Å². The minimum atomic E-state index is -0.244. The summed E-state index contributed by atoms with van der Waals surface area (Å²) in [6.45, 7) is 3.91. The highest BCUT2D eigenvalue weighted by molar-refractivity contribution is 5.76. The van der Waals surface area contributed by atoms with E-state index in [4.69, 9.17) is 5.10 Å². The van der Waals surface area contributed by atoms with Crippen molar-refractivity contribution in [3.05, 3.63) is 66.0 Å². The lowest BCUT2D eigenvalue weighted by Crippen LogP contribution is -2.26. The molecule has 142 valence electrons. The number of halogens is 1. The highest BCUT2D eigenvalue weighted by Gasteiger charge is 2.23. The van der Waals surface area contributed by atoms with E-state index in [2.05, 4.69) is 21.5 Å². The molecule has 1 aliphatic rings. The second-order valence-corrected chi connectivity index (χ2v) is 7.27. The highest BCUT2D eigenvalue weighted by atomic mass is 19.1. The van der Waals surface area contributed by atoms with Crippen molar-refractivity contribution in [3.8, 4) is 16.9 Å². The number of nitrogens with zero attached hydrogens (tertiary/aromatic N) is 5. The summed E-state index contributed by atoms with van der Waals surface area (Å²) in [5, 5.41) is 12.8. The van der Waals surface area contributed by atoms with E-state index in [1.807, 2.05) is 30.1 Å². The van der Waals surface area contributed by atoms with Gasteiger partial charge in [-0.2, -0.15) is 10.2 Å². The number of benzene rings is 1. The van der Waals surface area contributed by atoms with Gasteiger partial charge in [0.15, 0.2) is 5.65 Å². The predicted octanol–water partition coefficient (Wildman–Crippen LogP) is 3.50. The number of fused-ring (bicyclic) bond motifs is 1. The first-order valence-electron chi connectivity index (χ1n) is 9.56. The third kappa shape index (κ3) is 2.88. The maximum absolute atomic E-state index is 13.7. The molecular weight excluding hydrogens is 355 g/mol. The van der Waals surface area contributed by atoms with Crippen LogP contribution in [0.5, 0.6) is 0 Å². The lowest BCUT2D eigenvalue weighted by molar-refractivity contribution is 0.451. The average molecular weight is 376 g/mol. The lowest BCUT2D eigenvalue weighted by Gasteiger charge is -2.20. The van der Waals surface area contributed by atoms with Crippen molar-refractivity contribution < 1.29 is 4.39 Å². The van der Waals surface area contributed by atoms with Crippen molar-refractivity contribution in [2.24, 2.45) is 0 Å². The first kappa shape index (κ1) is 17.1. The minimum Gasteiger partial charge on any atom is -0.317 e. The van der Waals surface area contributed by atoms with Crippen LogP contribution in [0.15, 0.2) is 48.9 Å². The minimum absolute atomic E-state index is 0.244. The van der Waals surface area contributed by atoms with Crippen molar-refractivity contribution in [2.45, 2.75) is 25.7 Å². The molecule has 5 rings (SSSR count). The van der Waals surface area contributed by atoms with Crippen LogP contribution in [-0.2, 0) is 0 Å². The van der Waals surface area contributed by atoms with E-state index in [-0.39, 0.29) is 5.82 Å². The second kappa shape index (κ2) is 6.83. The van der Waals surface area contributed by atoms with Gasteiger partial charge in [0.1, 0.15) is 5.82 Å². The number of aryl methyl sites for hydroxylation is 1. The maximum atomic E-state index is 13.7. The Kier molecular flexibility index (Phi) is 4.16. The van der Waals surface area contributed by atoms with Gasteiger partial charge in [-0.1, -0.05) is 0 Å². The largest absolute Gasteiger partial charge is 0.317 e. The predicted molar refractivity (Wildman–Crippen MR) is 105 cm³/mol. The number of nitrogens with one attached hydrogen (secondary N) is 1. The van der Waals surface area contributed by atoms with E-state index >= 15 is 0 Å². The van der Waals surface area contributed by atoms with Crippen molar-refractivity contribution in [1.82, 2.24) is 29.7 Å². The molecule has 28 heavy (non-hydrogen) atoms. The molecule has 0 unspecified atom stereocenters. The fourth-order valence-electron chi connectivity index (χ4n) is 3.96. The fraction of sp³-hybridized carbons (Fsp3) is 0.286. The molecule has 6 nitrogen and oxygen atoms in total. The molecule has 0 bridgehead atoms. The zero-order valence-electron chi connectivity index (χ0n) is 15.6. The van der Waals surface area contributed by atoms with Crippen molar-refractivity contribution in [2.75, 3.05) is 13.1 Å². The molecule has 0 atom stereocenters. The monoisotopic (exact) mass is 376 g/mol. The Morgan fingerprint density at radius 2 is 2.04 bits per heavy atom. The fourth-order valence-corrected chi connectivity index (χ4v) is 3.96. The third-order valence-electron chi connectivity index (χ3n) is 5.43. The standard InChI is InChI=1S/C21H21FN6/c1-14-11-16(22)3-4-19(14)28-20(12-18(26-28)15-5-8-23-9-6-15)17-13-25-27-10-2-7-24-21(17)27/h2-4,7,10-13,15,23H,5-6,8-9H2,1H3. The van der Waals surface area contributed by atoms with Crippen LogP contribution >= 0.6 is 0 Å². The summed E-state index contributed by atoms with van der Waals surface area (Å²) >= 11 is 0. The topological polar surface area (TPSA) is 60.0 Å². The molecule has 0 spiro atoms. The summed E-state index contributed by atoms with van der Waals surface area (Å²) in [6, 6.07) is 8.80. The molecule has 4 aromatic rings. The number of aromatic nitrogens is 5. The van der Waals surface area contributed by atoms with Gasteiger partial charge in [-0.25, -0.2) is 18.6 Å². The Bertz CT molecular complexity index is 1140. The van der Waals surface area contributed by atoms with Crippen molar-refractivity contribution >= 4 is 5.65 Å². The Morgan fingerprint density at radius 3 is 2.86 bits per heavy atom. The summed E-state index contributed by atoms with van der Waals surface area (Å²) < 4.78 is 17.4. The van der Waals surface area contributed by atoms with Gasteiger partial charge in [0.25, 0.3) is 0 Å². The van der Waals surface area contributed by atoms with Crippen LogP contribution in [0.4, 0.5) is 4.39 Å². The van der Waals surface area contributed by atoms with Crippen LogP contribution < -0.4 is 5.32 Å². The second-order valence-electron chi connectivity index (χ2n) is 7.27. The van der Waals surface area contributed by atoms with Gasteiger partial charge in [0.05, 0.1) is 28.8 Å². The molecule has 3 aromatic heterocycles. The van der Waals surface area contributed by atoms with Gasteiger partial charge in [-0.15, -0.1) is 0 Å². The molecule has 0 radical (unpaired) electrons. The van der Waals surface area contributed by atoms with Gasteiger partial charge < -0.3 is 5.32 Å².